The summed E-state index contributed by atoms with van der Waals surface area (Å²) in [6.45, 7) is 0.403. The largest absolute Gasteiger partial charge is 0.464 e. The minimum Gasteiger partial charge on any atom is -0.464 e. The van der Waals surface area contributed by atoms with Gasteiger partial charge in [-0.15, -0.1) is 0 Å². The highest BCUT2D eigenvalue weighted by Gasteiger charge is 2.13. The number of nitrogens with zero attached hydrogens (tertiary/aromatic N) is 1. The van der Waals surface area contributed by atoms with Crippen LogP contribution in [0.3, 0.4) is 0 Å². The first kappa shape index (κ1) is 12.6. The van der Waals surface area contributed by atoms with Gasteiger partial charge >= 0.3 is 5.97 Å². The lowest BCUT2D eigenvalue weighted by atomic mass is 10.2. The number of aromatic nitrogens is 2. The Kier molecular flexibility index (Phi) is 3.66. The molecule has 0 bridgehead atoms. The second kappa shape index (κ2) is 5.22. The molecular formula is C12H11BrN2O3. The number of esters is 1. The van der Waals surface area contributed by atoms with Gasteiger partial charge in [-0.3, -0.25) is 14.6 Å². The third-order valence-electron chi connectivity index (χ3n) is 2.45. The Morgan fingerprint density at radius 2 is 2.06 bits per heavy atom. The van der Waals surface area contributed by atoms with Crippen LogP contribution in [0.4, 0.5) is 0 Å². The lowest BCUT2D eigenvalue weighted by Gasteiger charge is -2.07. The fourth-order valence-electron chi connectivity index (χ4n) is 1.60. The van der Waals surface area contributed by atoms with Crippen molar-refractivity contribution in [1.82, 2.24) is 9.78 Å². The number of carbonyl (C=O) groups excluding carboxylic acids is 1. The molecule has 6 heteroatoms. The molecule has 1 N–H and O–H groups in total. The van der Waals surface area contributed by atoms with E-state index in [0.29, 0.717) is 6.54 Å². The molecule has 1 aromatic carbocycles. The molecule has 0 saturated carbocycles. The maximum atomic E-state index is 11.5. The summed E-state index contributed by atoms with van der Waals surface area (Å²) < 4.78 is 7.06. The zero-order valence-electron chi connectivity index (χ0n) is 9.64. The van der Waals surface area contributed by atoms with E-state index >= 15 is 0 Å². The molecule has 0 unspecified atom stereocenters. The van der Waals surface area contributed by atoms with Gasteiger partial charge in [0.1, 0.15) is 5.69 Å². The summed E-state index contributed by atoms with van der Waals surface area (Å²) in [7, 11) is 1.28. The molecule has 0 atom stereocenters. The quantitative estimate of drug-likeness (QED) is 0.879. The van der Waals surface area contributed by atoms with Crippen molar-refractivity contribution in [2.45, 2.75) is 6.54 Å². The monoisotopic (exact) mass is 310 g/mol. The van der Waals surface area contributed by atoms with Crippen LogP contribution in [0.1, 0.15) is 16.1 Å². The number of ether oxygens (including phenoxy) is 1. The molecule has 0 spiro atoms. The van der Waals surface area contributed by atoms with E-state index in [-0.39, 0.29) is 11.3 Å². The average molecular weight is 311 g/mol. The van der Waals surface area contributed by atoms with E-state index in [1.807, 2.05) is 24.3 Å². The number of halogens is 1. The van der Waals surface area contributed by atoms with Crippen molar-refractivity contribution in [3.8, 4) is 0 Å². The number of benzene rings is 1. The first-order valence-corrected chi connectivity index (χ1v) is 6.02. The summed E-state index contributed by atoms with van der Waals surface area (Å²) >= 11 is 3.35. The van der Waals surface area contributed by atoms with E-state index < -0.39 is 5.97 Å². The summed E-state index contributed by atoms with van der Waals surface area (Å²) in [4.78, 5) is 22.8. The van der Waals surface area contributed by atoms with E-state index in [2.05, 4.69) is 25.8 Å². The Hall–Kier alpha value is -1.82. The number of methoxy groups -OCH3 is 1. The van der Waals surface area contributed by atoms with E-state index in [0.717, 1.165) is 10.0 Å². The third-order valence-corrected chi connectivity index (χ3v) is 2.98. The Balaban J connectivity index is 2.31. The Morgan fingerprint density at radius 1 is 1.39 bits per heavy atom. The third kappa shape index (κ3) is 2.70. The highest BCUT2D eigenvalue weighted by atomic mass is 79.9. The van der Waals surface area contributed by atoms with Gasteiger partial charge in [-0.25, -0.2) is 4.79 Å². The van der Waals surface area contributed by atoms with Crippen molar-refractivity contribution in [2.75, 3.05) is 7.11 Å². The highest BCUT2D eigenvalue weighted by Crippen LogP contribution is 2.12. The van der Waals surface area contributed by atoms with Crippen LogP contribution in [-0.4, -0.2) is 22.9 Å². The number of aromatic amines is 1. The van der Waals surface area contributed by atoms with Gasteiger partial charge in [0.05, 0.1) is 13.7 Å². The minimum absolute atomic E-state index is 0.213. The van der Waals surface area contributed by atoms with Crippen LogP contribution in [-0.2, 0) is 11.3 Å². The molecule has 0 aliphatic heterocycles. The summed E-state index contributed by atoms with van der Waals surface area (Å²) in [5.74, 6) is -0.537. The second-order valence-corrected chi connectivity index (χ2v) is 4.63. The average Bonchev–Trinajstić information content (AvgIpc) is 2.72. The molecule has 0 aliphatic carbocycles. The summed E-state index contributed by atoms with van der Waals surface area (Å²) in [6.07, 6.45) is 0. The lowest BCUT2D eigenvalue weighted by Crippen LogP contribution is -2.13. The Labute approximate surface area is 111 Å². The molecule has 18 heavy (non-hydrogen) atoms. The number of H-pyrrole nitrogens is 1. The first-order valence-electron chi connectivity index (χ1n) is 5.23. The molecule has 0 fully saturated rings. The number of hydrogen-bond donors (Lipinski definition) is 1. The first-order chi connectivity index (χ1) is 8.60. The molecule has 2 aromatic rings. The van der Waals surface area contributed by atoms with Gasteiger partial charge in [0.25, 0.3) is 5.56 Å². The number of nitrogens with one attached hydrogen (secondary N) is 1. The highest BCUT2D eigenvalue weighted by molar-refractivity contribution is 9.10. The Morgan fingerprint density at radius 3 is 2.67 bits per heavy atom. The molecule has 2 rings (SSSR count). The van der Waals surface area contributed by atoms with Gasteiger partial charge < -0.3 is 4.74 Å². The molecule has 94 valence electrons. The summed E-state index contributed by atoms with van der Waals surface area (Å²) in [5, 5.41) is 2.57. The molecule has 0 aliphatic rings. The fourth-order valence-corrected chi connectivity index (χ4v) is 1.86. The predicted octanol–water partition coefficient (Wildman–Crippen LogP) is 1.77. The molecule has 1 heterocycles. The molecule has 5 nitrogen and oxygen atoms in total. The van der Waals surface area contributed by atoms with Gasteiger partial charge in [-0.1, -0.05) is 28.1 Å². The molecule has 0 saturated heterocycles. The van der Waals surface area contributed by atoms with Crippen LogP contribution < -0.4 is 5.56 Å². The van der Waals surface area contributed by atoms with Gasteiger partial charge in [0.15, 0.2) is 0 Å². The summed E-state index contributed by atoms with van der Waals surface area (Å²) in [5.41, 5.74) is 0.855. The molecule has 1 aromatic heterocycles. The molecule has 0 radical (unpaired) electrons. The van der Waals surface area contributed by atoms with E-state index in [1.165, 1.54) is 17.9 Å². The van der Waals surface area contributed by atoms with Gasteiger partial charge in [0, 0.05) is 10.5 Å². The minimum atomic E-state index is -0.537. The lowest BCUT2D eigenvalue weighted by molar-refractivity contribution is 0.0587. The predicted molar refractivity (Wildman–Crippen MR) is 69.6 cm³/mol. The van der Waals surface area contributed by atoms with E-state index in [1.54, 1.807) is 0 Å². The van der Waals surface area contributed by atoms with Crippen molar-refractivity contribution in [3.05, 3.63) is 56.4 Å². The van der Waals surface area contributed by atoms with Crippen LogP contribution in [0.5, 0.6) is 0 Å². The summed E-state index contributed by atoms with van der Waals surface area (Å²) in [6, 6.07) is 8.83. The van der Waals surface area contributed by atoms with Crippen LogP contribution >= 0.6 is 15.9 Å². The standard InChI is InChI=1S/C12H11BrN2O3/c1-18-12(17)10-6-11(16)14-15(10)7-8-2-4-9(13)5-3-8/h2-6H,7H2,1H3,(H,14,16). The zero-order valence-corrected chi connectivity index (χ0v) is 11.2. The van der Waals surface area contributed by atoms with Crippen molar-refractivity contribution >= 4 is 21.9 Å². The van der Waals surface area contributed by atoms with Crippen molar-refractivity contribution in [1.29, 1.82) is 0 Å². The van der Waals surface area contributed by atoms with Gasteiger partial charge in [0.2, 0.25) is 0 Å². The number of hydrogen-bond acceptors (Lipinski definition) is 3. The topological polar surface area (TPSA) is 64.1 Å². The number of carbonyl (C=O) groups is 1. The van der Waals surface area contributed by atoms with E-state index in [4.69, 9.17) is 0 Å². The van der Waals surface area contributed by atoms with Crippen LogP contribution in [0.2, 0.25) is 0 Å². The number of rotatable bonds is 3. The Bertz CT molecular complexity index is 613. The normalized spacial score (nSPS) is 10.3. The fraction of sp³-hybridized carbons (Fsp3) is 0.167. The van der Waals surface area contributed by atoms with Gasteiger partial charge in [-0.2, -0.15) is 0 Å². The van der Waals surface area contributed by atoms with Crippen molar-refractivity contribution in [2.24, 2.45) is 0 Å². The molecule has 0 amide bonds. The zero-order chi connectivity index (χ0) is 13.1. The van der Waals surface area contributed by atoms with Crippen LogP contribution in [0.25, 0.3) is 0 Å². The van der Waals surface area contributed by atoms with E-state index in [9.17, 15) is 9.59 Å². The van der Waals surface area contributed by atoms with Crippen LogP contribution in [0, 0.1) is 0 Å². The smallest absolute Gasteiger partial charge is 0.356 e. The van der Waals surface area contributed by atoms with Crippen molar-refractivity contribution in [3.63, 3.8) is 0 Å². The second-order valence-electron chi connectivity index (χ2n) is 3.71. The van der Waals surface area contributed by atoms with Crippen LogP contribution in [0.15, 0.2) is 39.6 Å². The SMILES string of the molecule is COC(=O)c1cc(=O)[nH]n1Cc1ccc(Br)cc1. The van der Waals surface area contributed by atoms with Gasteiger partial charge in [-0.05, 0) is 17.7 Å². The maximum Gasteiger partial charge on any atom is 0.356 e. The maximum absolute atomic E-state index is 11.5. The van der Waals surface area contributed by atoms with Crippen molar-refractivity contribution < 1.29 is 9.53 Å². The molecular weight excluding hydrogens is 300 g/mol.